The summed E-state index contributed by atoms with van der Waals surface area (Å²) in [7, 11) is 0. The number of para-hydroxylation sites is 1. The lowest BCUT2D eigenvalue weighted by Crippen LogP contribution is -1.95. The quantitative estimate of drug-likeness (QED) is 0.408. The summed E-state index contributed by atoms with van der Waals surface area (Å²) in [5.41, 5.74) is 5.79. The Labute approximate surface area is 160 Å². The molecule has 0 saturated carbocycles. The van der Waals surface area contributed by atoms with Gasteiger partial charge in [-0.05, 0) is 36.4 Å². The van der Waals surface area contributed by atoms with Crippen LogP contribution in [0.4, 0.5) is 14.5 Å². The minimum absolute atomic E-state index is 0.0797. The maximum absolute atomic E-state index is 13.7. The van der Waals surface area contributed by atoms with Crippen molar-refractivity contribution in [2.24, 2.45) is 5.10 Å². The number of pyridine rings is 1. The standard InChI is InChI=1S/C21H15F2N5/c22-17-8-9-20(19(23)11-17)26-25-13-16-14-28(18-6-2-1-3-7-18)27-21(16)15-5-4-10-24-12-15/h1-14,26H/b25-13+. The summed E-state index contributed by atoms with van der Waals surface area (Å²) in [4.78, 5) is 4.14. The molecule has 0 bridgehead atoms. The molecule has 0 radical (unpaired) electrons. The van der Waals surface area contributed by atoms with Gasteiger partial charge in [0, 0.05) is 35.8 Å². The number of halogens is 2. The summed E-state index contributed by atoms with van der Waals surface area (Å²) in [5, 5.41) is 8.72. The molecule has 0 amide bonds. The van der Waals surface area contributed by atoms with Crippen LogP contribution in [0.1, 0.15) is 5.56 Å². The number of hydrazone groups is 1. The van der Waals surface area contributed by atoms with Gasteiger partial charge in [0.2, 0.25) is 0 Å². The predicted molar refractivity (Wildman–Crippen MR) is 104 cm³/mol. The van der Waals surface area contributed by atoms with Crippen molar-refractivity contribution in [3.63, 3.8) is 0 Å². The van der Waals surface area contributed by atoms with E-state index in [0.29, 0.717) is 11.3 Å². The molecule has 0 aliphatic heterocycles. The average molecular weight is 375 g/mol. The van der Waals surface area contributed by atoms with Crippen LogP contribution in [0.2, 0.25) is 0 Å². The number of hydrogen-bond acceptors (Lipinski definition) is 4. The van der Waals surface area contributed by atoms with Crippen LogP contribution in [0, 0.1) is 11.6 Å². The Kier molecular flexibility index (Phi) is 4.88. The van der Waals surface area contributed by atoms with Gasteiger partial charge in [-0.1, -0.05) is 18.2 Å². The molecule has 28 heavy (non-hydrogen) atoms. The second kappa shape index (κ2) is 7.79. The topological polar surface area (TPSA) is 55.1 Å². The molecular weight excluding hydrogens is 360 g/mol. The molecule has 0 aliphatic rings. The van der Waals surface area contributed by atoms with Crippen LogP contribution in [-0.2, 0) is 0 Å². The first-order valence-electron chi connectivity index (χ1n) is 8.50. The fourth-order valence-electron chi connectivity index (χ4n) is 2.67. The van der Waals surface area contributed by atoms with Crippen molar-refractivity contribution in [2.75, 3.05) is 5.43 Å². The van der Waals surface area contributed by atoms with Gasteiger partial charge in [-0.15, -0.1) is 0 Å². The zero-order chi connectivity index (χ0) is 19.3. The van der Waals surface area contributed by atoms with Crippen LogP contribution < -0.4 is 5.43 Å². The molecule has 4 aromatic rings. The molecule has 0 saturated heterocycles. The van der Waals surface area contributed by atoms with Crippen LogP contribution in [0.5, 0.6) is 0 Å². The molecule has 4 rings (SSSR count). The lowest BCUT2D eigenvalue weighted by Gasteiger charge is -2.01. The summed E-state index contributed by atoms with van der Waals surface area (Å²) in [6, 6.07) is 16.6. The molecule has 1 N–H and O–H groups in total. The lowest BCUT2D eigenvalue weighted by molar-refractivity contribution is 0.585. The van der Waals surface area contributed by atoms with Gasteiger partial charge in [0.15, 0.2) is 5.82 Å². The molecule has 0 fully saturated rings. The van der Waals surface area contributed by atoms with Crippen molar-refractivity contribution in [1.29, 1.82) is 0 Å². The van der Waals surface area contributed by atoms with Crippen molar-refractivity contribution >= 4 is 11.9 Å². The number of aromatic nitrogens is 3. The minimum atomic E-state index is -0.718. The van der Waals surface area contributed by atoms with E-state index < -0.39 is 11.6 Å². The summed E-state index contributed by atoms with van der Waals surface area (Å²) in [5.74, 6) is -1.36. The third-order valence-corrected chi connectivity index (χ3v) is 4.02. The Balaban J connectivity index is 1.67. The van der Waals surface area contributed by atoms with Gasteiger partial charge in [0.05, 0.1) is 17.6 Å². The molecule has 0 unspecified atom stereocenters. The molecular formula is C21H15F2N5. The Hall–Kier alpha value is -3.87. The van der Waals surface area contributed by atoms with Gasteiger partial charge in [0.1, 0.15) is 11.5 Å². The van der Waals surface area contributed by atoms with Crippen molar-refractivity contribution in [3.05, 3.63) is 96.5 Å². The van der Waals surface area contributed by atoms with Gasteiger partial charge in [-0.3, -0.25) is 10.4 Å². The van der Waals surface area contributed by atoms with Crippen molar-refractivity contribution in [2.45, 2.75) is 0 Å². The fourth-order valence-corrected chi connectivity index (χ4v) is 2.67. The number of rotatable bonds is 5. The van der Waals surface area contributed by atoms with Crippen molar-refractivity contribution in [3.8, 4) is 16.9 Å². The van der Waals surface area contributed by atoms with E-state index in [1.807, 2.05) is 48.7 Å². The normalized spacial score (nSPS) is 11.1. The summed E-state index contributed by atoms with van der Waals surface area (Å²) < 4.78 is 28.5. The number of nitrogens with one attached hydrogen (secondary N) is 1. The molecule has 2 heterocycles. The number of anilines is 1. The Morgan fingerprint density at radius 3 is 2.61 bits per heavy atom. The van der Waals surface area contributed by atoms with E-state index in [2.05, 4.69) is 20.6 Å². The number of hydrogen-bond donors (Lipinski definition) is 1. The molecule has 2 aromatic carbocycles. The van der Waals surface area contributed by atoms with E-state index in [0.717, 1.165) is 23.4 Å². The van der Waals surface area contributed by atoms with E-state index in [-0.39, 0.29) is 5.69 Å². The summed E-state index contributed by atoms with van der Waals surface area (Å²) >= 11 is 0. The van der Waals surface area contributed by atoms with Crippen LogP contribution in [0.15, 0.2) is 84.4 Å². The van der Waals surface area contributed by atoms with Crippen LogP contribution in [-0.4, -0.2) is 21.0 Å². The third-order valence-electron chi connectivity index (χ3n) is 4.02. The first-order chi connectivity index (χ1) is 13.7. The maximum Gasteiger partial charge on any atom is 0.151 e. The molecule has 0 aliphatic carbocycles. The van der Waals surface area contributed by atoms with Crippen LogP contribution in [0.25, 0.3) is 16.9 Å². The minimum Gasteiger partial charge on any atom is -0.276 e. The highest BCUT2D eigenvalue weighted by Crippen LogP contribution is 2.22. The van der Waals surface area contributed by atoms with Crippen molar-refractivity contribution < 1.29 is 8.78 Å². The Morgan fingerprint density at radius 2 is 1.86 bits per heavy atom. The van der Waals surface area contributed by atoms with Crippen molar-refractivity contribution in [1.82, 2.24) is 14.8 Å². The van der Waals surface area contributed by atoms with Gasteiger partial charge < -0.3 is 0 Å². The van der Waals surface area contributed by atoms with E-state index in [9.17, 15) is 8.78 Å². The van der Waals surface area contributed by atoms with E-state index in [1.165, 1.54) is 12.3 Å². The zero-order valence-corrected chi connectivity index (χ0v) is 14.6. The third kappa shape index (κ3) is 3.78. The van der Waals surface area contributed by atoms with Gasteiger partial charge in [-0.25, -0.2) is 13.5 Å². The average Bonchev–Trinajstić information content (AvgIpc) is 3.15. The summed E-state index contributed by atoms with van der Waals surface area (Å²) in [6.45, 7) is 0. The molecule has 5 nitrogen and oxygen atoms in total. The Morgan fingerprint density at radius 1 is 1.00 bits per heavy atom. The second-order valence-corrected chi connectivity index (χ2v) is 5.95. The SMILES string of the molecule is Fc1ccc(N/N=C/c2cn(-c3ccccc3)nc2-c2cccnc2)c(F)c1. The Bertz CT molecular complexity index is 1110. The molecule has 7 heteroatoms. The van der Waals surface area contributed by atoms with Gasteiger partial charge >= 0.3 is 0 Å². The predicted octanol–water partition coefficient (Wildman–Crippen LogP) is 4.66. The first-order valence-corrected chi connectivity index (χ1v) is 8.50. The fraction of sp³-hybridized carbons (Fsp3) is 0. The lowest BCUT2D eigenvalue weighted by atomic mass is 10.1. The maximum atomic E-state index is 13.7. The largest absolute Gasteiger partial charge is 0.276 e. The highest BCUT2D eigenvalue weighted by molar-refractivity contribution is 5.89. The van der Waals surface area contributed by atoms with Gasteiger partial charge in [-0.2, -0.15) is 10.2 Å². The highest BCUT2D eigenvalue weighted by Gasteiger charge is 2.11. The number of nitrogens with zero attached hydrogens (tertiary/aromatic N) is 4. The van der Waals surface area contributed by atoms with E-state index in [4.69, 9.17) is 0 Å². The van der Waals surface area contributed by atoms with Gasteiger partial charge in [0.25, 0.3) is 0 Å². The summed E-state index contributed by atoms with van der Waals surface area (Å²) in [6.07, 6.45) is 6.76. The van der Waals surface area contributed by atoms with Crippen LogP contribution in [0.3, 0.4) is 0 Å². The smallest absolute Gasteiger partial charge is 0.151 e. The van der Waals surface area contributed by atoms with E-state index in [1.54, 1.807) is 17.1 Å². The first kappa shape index (κ1) is 17.5. The molecule has 0 atom stereocenters. The number of benzene rings is 2. The molecule has 2 aromatic heterocycles. The second-order valence-electron chi connectivity index (χ2n) is 5.95. The molecule has 138 valence electrons. The van der Waals surface area contributed by atoms with Crippen LogP contribution >= 0.6 is 0 Å². The molecule has 0 spiro atoms. The highest BCUT2D eigenvalue weighted by atomic mass is 19.1. The van der Waals surface area contributed by atoms with E-state index >= 15 is 0 Å². The monoisotopic (exact) mass is 375 g/mol. The zero-order valence-electron chi connectivity index (χ0n) is 14.6.